The number of hydrogen-bond acceptors (Lipinski definition) is 4. The second kappa shape index (κ2) is 5.58. The molecule has 1 fully saturated rings. The first kappa shape index (κ1) is 14.5. The highest BCUT2D eigenvalue weighted by atomic mass is 32.2. The first-order chi connectivity index (χ1) is 8.90. The van der Waals surface area contributed by atoms with Gasteiger partial charge in [-0.25, -0.2) is 13.4 Å². The molecule has 1 aromatic carbocycles. The maximum Gasteiger partial charge on any atom is 0.253 e. The molecule has 0 atom stereocenters. The molecular weight excluding hydrogens is 264 g/mol. The fraction of sp³-hybridized carbons (Fsp3) is 0.538. The van der Waals surface area contributed by atoms with E-state index >= 15 is 0 Å². The lowest BCUT2D eigenvalue weighted by molar-refractivity contribution is 0.0272. The van der Waals surface area contributed by atoms with E-state index in [1.54, 1.807) is 5.01 Å². The fourth-order valence-corrected chi connectivity index (χ4v) is 4.04. The van der Waals surface area contributed by atoms with Crippen molar-refractivity contribution in [3.63, 3.8) is 0 Å². The molecule has 106 valence electrons. The van der Waals surface area contributed by atoms with Crippen LogP contribution in [0.4, 0.5) is 0 Å². The second-order valence-corrected chi connectivity index (χ2v) is 6.52. The molecule has 0 unspecified atom stereocenters. The average molecular weight is 284 g/mol. The number of sulfonamides is 1. The summed E-state index contributed by atoms with van der Waals surface area (Å²) in [7, 11) is -3.52. The van der Waals surface area contributed by atoms with Crippen molar-refractivity contribution in [3.05, 3.63) is 28.8 Å². The van der Waals surface area contributed by atoms with Crippen LogP contribution < -0.4 is 4.83 Å². The van der Waals surface area contributed by atoms with E-state index in [2.05, 4.69) is 4.83 Å². The zero-order chi connectivity index (χ0) is 14.0. The highest BCUT2D eigenvalue weighted by Gasteiger charge is 2.23. The van der Waals surface area contributed by atoms with Crippen molar-refractivity contribution in [2.75, 3.05) is 26.3 Å². The highest BCUT2D eigenvalue weighted by Crippen LogP contribution is 2.21. The molecule has 1 aliphatic heterocycles. The number of aryl methyl sites for hydroxylation is 3. The van der Waals surface area contributed by atoms with Gasteiger partial charge in [0.2, 0.25) is 0 Å². The van der Waals surface area contributed by atoms with Crippen LogP contribution in [0.3, 0.4) is 0 Å². The number of nitrogens with zero attached hydrogens (tertiary/aromatic N) is 1. The van der Waals surface area contributed by atoms with Gasteiger partial charge in [0.1, 0.15) is 0 Å². The quantitative estimate of drug-likeness (QED) is 0.904. The molecule has 0 aromatic heterocycles. The predicted octanol–water partition coefficient (Wildman–Crippen LogP) is 1.14. The first-order valence-electron chi connectivity index (χ1n) is 6.33. The van der Waals surface area contributed by atoms with Crippen molar-refractivity contribution < 1.29 is 13.2 Å². The van der Waals surface area contributed by atoms with Gasteiger partial charge in [-0.15, -0.1) is 4.83 Å². The molecule has 0 amide bonds. The smallest absolute Gasteiger partial charge is 0.253 e. The van der Waals surface area contributed by atoms with Crippen LogP contribution in [0.5, 0.6) is 0 Å². The van der Waals surface area contributed by atoms with E-state index in [1.807, 2.05) is 32.9 Å². The molecule has 2 rings (SSSR count). The molecule has 5 nitrogen and oxygen atoms in total. The van der Waals surface area contributed by atoms with Crippen molar-refractivity contribution in [3.8, 4) is 0 Å². The predicted molar refractivity (Wildman–Crippen MR) is 73.4 cm³/mol. The zero-order valence-electron chi connectivity index (χ0n) is 11.6. The summed E-state index contributed by atoms with van der Waals surface area (Å²) in [5.41, 5.74) is 2.62. The standard InChI is InChI=1S/C13H20N2O3S/c1-10-8-11(2)13(12(3)9-10)19(16,17)14-15-4-6-18-7-5-15/h8-9,14H,4-7H2,1-3H3. The Morgan fingerprint density at radius 2 is 1.63 bits per heavy atom. The highest BCUT2D eigenvalue weighted by molar-refractivity contribution is 7.89. The summed E-state index contributed by atoms with van der Waals surface area (Å²) in [5, 5.41) is 1.69. The summed E-state index contributed by atoms with van der Waals surface area (Å²) in [6.45, 7) is 7.86. The number of benzene rings is 1. The maximum absolute atomic E-state index is 12.5. The number of hydrazine groups is 1. The monoisotopic (exact) mass is 284 g/mol. The van der Waals surface area contributed by atoms with Gasteiger partial charge >= 0.3 is 0 Å². The van der Waals surface area contributed by atoms with E-state index in [0.29, 0.717) is 31.2 Å². The van der Waals surface area contributed by atoms with Gasteiger partial charge in [0.05, 0.1) is 18.1 Å². The summed E-state index contributed by atoms with van der Waals surface area (Å²) in [4.78, 5) is 3.02. The van der Waals surface area contributed by atoms with Crippen LogP contribution in [-0.4, -0.2) is 39.7 Å². The van der Waals surface area contributed by atoms with Crippen LogP contribution >= 0.6 is 0 Å². The SMILES string of the molecule is Cc1cc(C)c(S(=O)(=O)NN2CCOCC2)c(C)c1. The van der Waals surface area contributed by atoms with Gasteiger partial charge in [0.25, 0.3) is 10.0 Å². The Kier molecular flexibility index (Phi) is 4.25. The van der Waals surface area contributed by atoms with Gasteiger partial charge in [-0.05, 0) is 31.9 Å². The van der Waals surface area contributed by atoms with E-state index in [-0.39, 0.29) is 0 Å². The van der Waals surface area contributed by atoms with E-state index in [9.17, 15) is 8.42 Å². The lowest BCUT2D eigenvalue weighted by Crippen LogP contribution is -2.48. The van der Waals surface area contributed by atoms with Gasteiger partial charge in [-0.3, -0.25) is 0 Å². The third-order valence-corrected chi connectivity index (χ3v) is 4.81. The van der Waals surface area contributed by atoms with E-state index < -0.39 is 10.0 Å². The number of ether oxygens (including phenoxy) is 1. The van der Waals surface area contributed by atoms with Gasteiger partial charge in [-0.1, -0.05) is 17.7 Å². The van der Waals surface area contributed by atoms with E-state index in [0.717, 1.165) is 16.7 Å². The maximum atomic E-state index is 12.5. The molecule has 0 aliphatic carbocycles. The third kappa shape index (κ3) is 3.33. The molecule has 1 saturated heterocycles. The summed E-state index contributed by atoms with van der Waals surface area (Å²) in [5.74, 6) is 0. The summed E-state index contributed by atoms with van der Waals surface area (Å²) < 4.78 is 30.1. The Morgan fingerprint density at radius 3 is 2.16 bits per heavy atom. The number of nitrogens with one attached hydrogen (secondary N) is 1. The van der Waals surface area contributed by atoms with E-state index in [1.165, 1.54) is 0 Å². The molecule has 1 N–H and O–H groups in total. The van der Waals surface area contributed by atoms with Gasteiger partial charge in [-0.2, -0.15) is 0 Å². The van der Waals surface area contributed by atoms with Crippen molar-refractivity contribution in [2.45, 2.75) is 25.7 Å². The minimum Gasteiger partial charge on any atom is -0.379 e. The molecule has 1 aromatic rings. The molecule has 19 heavy (non-hydrogen) atoms. The van der Waals surface area contributed by atoms with Crippen LogP contribution in [0.25, 0.3) is 0 Å². The number of rotatable bonds is 3. The van der Waals surface area contributed by atoms with E-state index in [4.69, 9.17) is 4.74 Å². The minimum atomic E-state index is -3.52. The molecule has 1 heterocycles. The number of morpholine rings is 1. The number of hydrogen-bond donors (Lipinski definition) is 1. The summed E-state index contributed by atoms with van der Waals surface area (Å²) >= 11 is 0. The van der Waals surface area contributed by atoms with Gasteiger partial charge in [0, 0.05) is 13.1 Å². The van der Waals surface area contributed by atoms with Crippen molar-refractivity contribution in [1.82, 2.24) is 9.84 Å². The Balaban J connectivity index is 2.29. The van der Waals surface area contributed by atoms with Crippen LogP contribution in [0.15, 0.2) is 17.0 Å². The zero-order valence-corrected chi connectivity index (χ0v) is 12.4. The summed E-state index contributed by atoms with van der Waals surface area (Å²) in [6.07, 6.45) is 0. The normalized spacial score (nSPS) is 17.6. The molecule has 1 aliphatic rings. The van der Waals surface area contributed by atoms with Gasteiger partial charge in [0.15, 0.2) is 0 Å². The summed E-state index contributed by atoms with van der Waals surface area (Å²) in [6, 6.07) is 3.78. The molecule has 0 bridgehead atoms. The van der Waals surface area contributed by atoms with Gasteiger partial charge < -0.3 is 4.74 Å². The molecule has 0 spiro atoms. The van der Waals surface area contributed by atoms with Crippen LogP contribution in [0, 0.1) is 20.8 Å². The Bertz CT molecular complexity index is 540. The van der Waals surface area contributed by atoms with Crippen LogP contribution in [0.2, 0.25) is 0 Å². The molecule has 6 heteroatoms. The van der Waals surface area contributed by atoms with Crippen molar-refractivity contribution >= 4 is 10.0 Å². The van der Waals surface area contributed by atoms with Crippen LogP contribution in [-0.2, 0) is 14.8 Å². The Morgan fingerprint density at radius 1 is 1.11 bits per heavy atom. The fourth-order valence-electron chi connectivity index (χ4n) is 2.46. The lowest BCUT2D eigenvalue weighted by Gasteiger charge is -2.27. The molecule has 0 radical (unpaired) electrons. The Hall–Kier alpha value is -0.950. The van der Waals surface area contributed by atoms with Crippen LogP contribution in [0.1, 0.15) is 16.7 Å². The van der Waals surface area contributed by atoms with Crippen molar-refractivity contribution in [2.24, 2.45) is 0 Å². The average Bonchev–Trinajstić information content (AvgIpc) is 2.27. The lowest BCUT2D eigenvalue weighted by atomic mass is 10.1. The minimum absolute atomic E-state index is 0.379. The molecular formula is C13H20N2O3S. The second-order valence-electron chi connectivity index (χ2n) is 4.92. The largest absolute Gasteiger partial charge is 0.379 e. The van der Waals surface area contributed by atoms with Crippen molar-refractivity contribution in [1.29, 1.82) is 0 Å². The first-order valence-corrected chi connectivity index (χ1v) is 7.81. The third-order valence-electron chi connectivity index (χ3n) is 3.13. The topological polar surface area (TPSA) is 58.6 Å². The molecule has 0 saturated carbocycles. The Labute approximate surface area is 114 Å².